The number of amides is 2. The highest BCUT2D eigenvalue weighted by Gasteiger charge is 2.47. The van der Waals surface area contributed by atoms with Crippen LogP contribution >= 0.6 is 0 Å². The summed E-state index contributed by atoms with van der Waals surface area (Å²) < 4.78 is 0. The topological polar surface area (TPSA) is 35.6 Å². The highest BCUT2D eigenvalue weighted by atomic mass is 16.2. The lowest BCUT2D eigenvalue weighted by Gasteiger charge is -2.45. The van der Waals surface area contributed by atoms with Gasteiger partial charge in [-0.15, -0.1) is 0 Å². The van der Waals surface area contributed by atoms with Crippen molar-refractivity contribution in [3.63, 3.8) is 0 Å². The van der Waals surface area contributed by atoms with Gasteiger partial charge < -0.3 is 15.1 Å². The molecular weight excluding hydrogens is 406 g/mol. The smallest absolute Gasteiger partial charge is 0.318 e. The Morgan fingerprint density at radius 3 is 2.36 bits per heavy atom. The molecule has 1 saturated carbocycles. The van der Waals surface area contributed by atoms with Crippen molar-refractivity contribution >= 4 is 6.03 Å². The van der Waals surface area contributed by atoms with Crippen LogP contribution in [0, 0.1) is 11.8 Å². The van der Waals surface area contributed by atoms with Crippen molar-refractivity contribution in [1.29, 1.82) is 0 Å². The lowest BCUT2D eigenvalue weighted by molar-refractivity contribution is 0.0763. The molecule has 0 bridgehead atoms. The van der Waals surface area contributed by atoms with Crippen molar-refractivity contribution in [2.45, 2.75) is 116 Å². The summed E-state index contributed by atoms with van der Waals surface area (Å²) in [4.78, 5) is 18.0. The second-order valence-corrected chi connectivity index (χ2v) is 11.9. The Morgan fingerprint density at radius 2 is 1.79 bits per heavy atom. The monoisotopic (exact) mass is 453 g/mol. The van der Waals surface area contributed by atoms with E-state index in [1.165, 1.54) is 62.7 Å². The van der Waals surface area contributed by atoms with Gasteiger partial charge in [0.05, 0.1) is 6.04 Å². The lowest BCUT2D eigenvalue weighted by atomic mass is 9.73. The number of hydrogen-bond acceptors (Lipinski definition) is 2. The molecule has 1 spiro atoms. The molecule has 4 heteroatoms. The Hall–Kier alpha value is -1.55. The summed E-state index contributed by atoms with van der Waals surface area (Å²) in [5, 5.41) is 3.44. The Bertz CT molecular complexity index is 803. The van der Waals surface area contributed by atoms with Crippen molar-refractivity contribution in [3.05, 3.63) is 35.4 Å². The minimum atomic E-state index is 0.0793. The first-order chi connectivity index (χ1) is 15.8. The summed E-state index contributed by atoms with van der Waals surface area (Å²) in [6.45, 7) is 15.6. The van der Waals surface area contributed by atoms with E-state index in [9.17, 15) is 4.79 Å². The molecule has 0 radical (unpaired) electrons. The van der Waals surface area contributed by atoms with Crippen LogP contribution < -0.4 is 5.32 Å². The van der Waals surface area contributed by atoms with E-state index in [1.807, 2.05) is 4.90 Å². The molecule has 4 rings (SSSR count). The molecule has 0 aromatic heterocycles. The predicted octanol–water partition coefficient (Wildman–Crippen LogP) is 6.51. The third-order valence-corrected chi connectivity index (χ3v) is 9.07. The van der Waals surface area contributed by atoms with Crippen molar-refractivity contribution in [2.24, 2.45) is 11.8 Å². The molecule has 184 valence electrons. The average Bonchev–Trinajstić information content (AvgIpc) is 3.32. The number of nitrogens with zero attached hydrogens (tertiary/aromatic N) is 2. The summed E-state index contributed by atoms with van der Waals surface area (Å²) in [5.74, 6) is 1.79. The number of nitrogens with one attached hydrogen (secondary N) is 1. The minimum Gasteiger partial charge on any atom is -0.331 e. The van der Waals surface area contributed by atoms with Gasteiger partial charge in [0.1, 0.15) is 0 Å². The van der Waals surface area contributed by atoms with Gasteiger partial charge >= 0.3 is 6.03 Å². The van der Waals surface area contributed by atoms with E-state index in [4.69, 9.17) is 0 Å². The Morgan fingerprint density at radius 1 is 1.12 bits per heavy atom. The standard InChI is InChI=1S/C29H47N3O/c1-7-27(23-13-12-22(6)18-23)31-16-14-29(15-17-31)19-26(24-10-8-9-11-25(24)29)30-28(33)32(20(2)3)21(4)5/h8-11,20-23,26-27H,7,12-19H2,1-6H3,(H,30,33)/t22?,23-,26+,27?/m1/s1. The van der Waals surface area contributed by atoms with E-state index >= 15 is 0 Å². The first-order valence-electron chi connectivity index (χ1n) is 13.7. The van der Waals surface area contributed by atoms with E-state index in [-0.39, 0.29) is 29.6 Å². The molecule has 1 N–H and O–H groups in total. The molecule has 1 saturated heterocycles. The fourth-order valence-electron chi connectivity index (χ4n) is 7.56. The molecule has 4 nitrogen and oxygen atoms in total. The van der Waals surface area contributed by atoms with Gasteiger partial charge in [-0.05, 0) is 102 Å². The van der Waals surface area contributed by atoms with Gasteiger partial charge in [-0.25, -0.2) is 4.79 Å². The number of piperidine rings is 1. The number of benzene rings is 1. The number of likely N-dealkylation sites (tertiary alicyclic amines) is 1. The van der Waals surface area contributed by atoms with E-state index < -0.39 is 0 Å². The molecule has 2 fully saturated rings. The fourth-order valence-corrected chi connectivity index (χ4v) is 7.56. The maximum Gasteiger partial charge on any atom is 0.318 e. The second kappa shape index (κ2) is 9.98. The highest BCUT2D eigenvalue weighted by Crippen LogP contribution is 2.51. The Labute approximate surface area is 202 Å². The number of hydrogen-bond donors (Lipinski definition) is 1. The SMILES string of the molecule is CCC([C@@H]1CCC(C)C1)N1CCC2(CC1)C[C@H](NC(=O)N(C(C)C)C(C)C)c1ccccc12. The quantitative estimate of drug-likeness (QED) is 0.533. The van der Waals surface area contributed by atoms with Crippen LogP contribution in [0.3, 0.4) is 0 Å². The average molecular weight is 454 g/mol. The number of rotatable bonds is 6. The zero-order valence-corrected chi connectivity index (χ0v) is 21.9. The molecule has 2 unspecified atom stereocenters. The number of carbonyl (C=O) groups excluding carboxylic acids is 1. The van der Waals surface area contributed by atoms with Crippen LogP contribution in [0.4, 0.5) is 4.79 Å². The summed E-state index contributed by atoms with van der Waals surface area (Å²) >= 11 is 0. The van der Waals surface area contributed by atoms with Gasteiger partial charge in [-0.3, -0.25) is 0 Å². The van der Waals surface area contributed by atoms with E-state index in [1.54, 1.807) is 0 Å². The van der Waals surface area contributed by atoms with Crippen molar-refractivity contribution in [3.8, 4) is 0 Å². The summed E-state index contributed by atoms with van der Waals surface area (Å²) in [7, 11) is 0. The number of urea groups is 1. The lowest BCUT2D eigenvalue weighted by Crippen LogP contribution is -2.50. The molecule has 1 aromatic rings. The zero-order valence-electron chi connectivity index (χ0n) is 21.9. The molecule has 1 aliphatic heterocycles. The van der Waals surface area contributed by atoms with Crippen molar-refractivity contribution in [2.75, 3.05) is 13.1 Å². The first-order valence-corrected chi connectivity index (χ1v) is 13.7. The van der Waals surface area contributed by atoms with Crippen LogP contribution in [0.15, 0.2) is 24.3 Å². The fraction of sp³-hybridized carbons (Fsp3) is 0.759. The van der Waals surface area contributed by atoms with Gasteiger partial charge in [0.15, 0.2) is 0 Å². The van der Waals surface area contributed by atoms with Gasteiger partial charge in [-0.1, -0.05) is 44.5 Å². The summed E-state index contributed by atoms with van der Waals surface area (Å²) in [6, 6.07) is 10.3. The third-order valence-electron chi connectivity index (χ3n) is 9.07. The maximum absolute atomic E-state index is 13.2. The Kier molecular flexibility index (Phi) is 7.43. The van der Waals surface area contributed by atoms with Crippen LogP contribution in [-0.4, -0.2) is 47.0 Å². The Balaban J connectivity index is 1.48. The molecule has 3 aliphatic rings. The number of carbonyl (C=O) groups is 1. The van der Waals surface area contributed by atoms with Crippen LogP contribution in [0.2, 0.25) is 0 Å². The maximum atomic E-state index is 13.2. The molecule has 33 heavy (non-hydrogen) atoms. The van der Waals surface area contributed by atoms with E-state index in [2.05, 4.69) is 76.0 Å². The van der Waals surface area contributed by atoms with Gasteiger partial charge in [0, 0.05) is 23.5 Å². The van der Waals surface area contributed by atoms with Gasteiger partial charge in [-0.2, -0.15) is 0 Å². The van der Waals surface area contributed by atoms with Crippen LogP contribution in [0.5, 0.6) is 0 Å². The van der Waals surface area contributed by atoms with Crippen LogP contribution in [0.1, 0.15) is 104 Å². The van der Waals surface area contributed by atoms with Crippen molar-refractivity contribution < 1.29 is 4.79 Å². The molecular formula is C29H47N3O. The zero-order chi connectivity index (χ0) is 23.8. The molecule has 4 atom stereocenters. The molecule has 2 amide bonds. The minimum absolute atomic E-state index is 0.0793. The molecule has 2 aliphatic carbocycles. The third kappa shape index (κ3) is 4.83. The summed E-state index contributed by atoms with van der Waals surface area (Å²) in [5.41, 5.74) is 3.06. The highest BCUT2D eigenvalue weighted by molar-refractivity contribution is 5.75. The largest absolute Gasteiger partial charge is 0.331 e. The van der Waals surface area contributed by atoms with Gasteiger partial charge in [0.2, 0.25) is 0 Å². The van der Waals surface area contributed by atoms with E-state index in [0.29, 0.717) is 0 Å². The number of fused-ring (bicyclic) bond motifs is 2. The van der Waals surface area contributed by atoms with Crippen LogP contribution in [0.25, 0.3) is 0 Å². The van der Waals surface area contributed by atoms with E-state index in [0.717, 1.165) is 24.3 Å². The molecule has 1 heterocycles. The van der Waals surface area contributed by atoms with Crippen LogP contribution in [-0.2, 0) is 5.41 Å². The van der Waals surface area contributed by atoms with Crippen molar-refractivity contribution in [1.82, 2.24) is 15.1 Å². The molecule has 1 aromatic carbocycles. The summed E-state index contributed by atoms with van der Waals surface area (Å²) in [6.07, 6.45) is 9.00. The second-order valence-electron chi connectivity index (χ2n) is 11.9. The first kappa shape index (κ1) is 24.6. The predicted molar refractivity (Wildman–Crippen MR) is 138 cm³/mol. The van der Waals surface area contributed by atoms with Gasteiger partial charge in [0.25, 0.3) is 0 Å². The normalized spacial score (nSPS) is 27.8.